The molecule has 0 aromatic rings. The van der Waals surface area contributed by atoms with Gasteiger partial charge in [-0.2, -0.15) is 0 Å². The van der Waals surface area contributed by atoms with Crippen molar-refractivity contribution in [3.05, 3.63) is 0 Å². The molecule has 0 unspecified atom stereocenters. The van der Waals surface area contributed by atoms with Gasteiger partial charge < -0.3 is 15.2 Å². The average Bonchev–Trinajstić information content (AvgIpc) is 2.11. The van der Waals surface area contributed by atoms with E-state index in [2.05, 4.69) is 10.1 Å². The van der Waals surface area contributed by atoms with Crippen LogP contribution >= 0.6 is 0 Å². The van der Waals surface area contributed by atoms with E-state index in [-0.39, 0.29) is 25.5 Å². The molecule has 0 radical (unpaired) electrons. The maximum atomic E-state index is 11.7. The zero-order chi connectivity index (χ0) is 12.6. The molecular formula is C10H19F2NO3. The largest absolute Gasteiger partial charge is 0.396 e. The number of alkyl halides is 2. The summed E-state index contributed by atoms with van der Waals surface area (Å²) in [5.74, 6) is -0.271. The Morgan fingerprint density at radius 2 is 2.12 bits per heavy atom. The predicted octanol–water partition coefficient (Wildman–Crippen LogP) is 0.935. The van der Waals surface area contributed by atoms with Crippen molar-refractivity contribution in [2.24, 2.45) is 0 Å². The number of carbonyl (C=O) groups is 1. The molecule has 0 fully saturated rings. The van der Waals surface area contributed by atoms with Crippen LogP contribution < -0.4 is 5.32 Å². The maximum Gasteiger partial charge on any atom is 0.261 e. The molecule has 0 aliphatic carbocycles. The highest BCUT2D eigenvalue weighted by Crippen LogP contribution is 2.07. The lowest BCUT2D eigenvalue weighted by Gasteiger charge is -2.25. The summed E-state index contributed by atoms with van der Waals surface area (Å²) in [6.45, 7) is 2.87. The third-order valence-corrected chi connectivity index (χ3v) is 1.93. The minimum Gasteiger partial charge on any atom is -0.396 e. The normalized spacial score (nSPS) is 11.9. The van der Waals surface area contributed by atoms with Gasteiger partial charge in [0.2, 0.25) is 5.91 Å². The molecule has 0 saturated carbocycles. The van der Waals surface area contributed by atoms with E-state index in [1.54, 1.807) is 13.8 Å². The van der Waals surface area contributed by atoms with Gasteiger partial charge in [-0.3, -0.25) is 4.79 Å². The zero-order valence-corrected chi connectivity index (χ0v) is 9.63. The minimum atomic E-state index is -2.51. The van der Waals surface area contributed by atoms with Crippen LogP contribution in [0.4, 0.5) is 8.78 Å². The summed E-state index contributed by atoms with van der Waals surface area (Å²) in [7, 11) is 0. The Morgan fingerprint density at radius 1 is 1.50 bits per heavy atom. The van der Waals surface area contributed by atoms with E-state index in [1.165, 1.54) is 0 Å². The number of hydrogen-bond donors (Lipinski definition) is 2. The summed E-state index contributed by atoms with van der Waals surface area (Å²) in [5, 5.41) is 11.4. The minimum absolute atomic E-state index is 0.0187. The number of ether oxygens (including phenoxy) is 1. The SMILES string of the molecule is CC(C)(CCO)NC(=O)CCOCC(F)F. The fourth-order valence-corrected chi connectivity index (χ4v) is 1.12. The van der Waals surface area contributed by atoms with Crippen molar-refractivity contribution in [1.29, 1.82) is 0 Å². The summed E-state index contributed by atoms with van der Waals surface area (Å²) < 4.78 is 27.9. The lowest BCUT2D eigenvalue weighted by molar-refractivity contribution is -0.124. The zero-order valence-electron chi connectivity index (χ0n) is 9.63. The van der Waals surface area contributed by atoms with E-state index in [4.69, 9.17) is 5.11 Å². The number of carbonyl (C=O) groups excluding carboxylic acids is 1. The molecule has 1 amide bonds. The molecule has 6 heteroatoms. The van der Waals surface area contributed by atoms with Gasteiger partial charge in [-0.15, -0.1) is 0 Å². The summed E-state index contributed by atoms with van der Waals surface area (Å²) in [4.78, 5) is 11.3. The van der Waals surface area contributed by atoms with Gasteiger partial charge >= 0.3 is 0 Å². The van der Waals surface area contributed by atoms with Gasteiger partial charge in [0.05, 0.1) is 6.61 Å². The van der Waals surface area contributed by atoms with Crippen LogP contribution in [0.15, 0.2) is 0 Å². The quantitative estimate of drug-likeness (QED) is 0.620. The third-order valence-electron chi connectivity index (χ3n) is 1.93. The van der Waals surface area contributed by atoms with E-state index in [9.17, 15) is 13.6 Å². The first-order chi connectivity index (χ1) is 7.37. The summed E-state index contributed by atoms with van der Waals surface area (Å²) in [6, 6.07) is 0. The van der Waals surface area contributed by atoms with Crippen molar-refractivity contribution >= 4 is 5.91 Å². The molecule has 2 N–H and O–H groups in total. The molecule has 4 nitrogen and oxygen atoms in total. The van der Waals surface area contributed by atoms with Crippen LogP contribution in [0.2, 0.25) is 0 Å². The first-order valence-corrected chi connectivity index (χ1v) is 5.15. The smallest absolute Gasteiger partial charge is 0.261 e. The fourth-order valence-electron chi connectivity index (χ4n) is 1.12. The molecule has 0 saturated heterocycles. The fraction of sp³-hybridized carbons (Fsp3) is 0.900. The number of halogens is 2. The van der Waals surface area contributed by atoms with Crippen molar-refractivity contribution < 1.29 is 23.4 Å². The number of amides is 1. The number of aliphatic hydroxyl groups excluding tert-OH is 1. The molecule has 0 atom stereocenters. The van der Waals surface area contributed by atoms with Gasteiger partial charge in [-0.25, -0.2) is 8.78 Å². The van der Waals surface area contributed by atoms with Crippen LogP contribution in [0.3, 0.4) is 0 Å². The van der Waals surface area contributed by atoms with Crippen LogP contribution in [0.25, 0.3) is 0 Å². The maximum absolute atomic E-state index is 11.7. The summed E-state index contributed by atoms with van der Waals surface area (Å²) >= 11 is 0. The van der Waals surface area contributed by atoms with E-state index in [0.717, 1.165) is 0 Å². The highest BCUT2D eigenvalue weighted by Gasteiger charge is 2.19. The van der Waals surface area contributed by atoms with E-state index >= 15 is 0 Å². The van der Waals surface area contributed by atoms with Crippen LogP contribution in [0.5, 0.6) is 0 Å². The molecule has 0 rings (SSSR count). The van der Waals surface area contributed by atoms with Crippen molar-refractivity contribution in [2.45, 2.75) is 38.7 Å². The number of aliphatic hydroxyl groups is 1. The van der Waals surface area contributed by atoms with Crippen molar-refractivity contribution in [1.82, 2.24) is 5.32 Å². The molecule has 0 heterocycles. The molecule has 16 heavy (non-hydrogen) atoms. The standard InChI is InChI=1S/C10H19F2NO3/c1-10(2,4-5-14)13-9(15)3-6-16-7-8(11)12/h8,14H,3-7H2,1-2H3,(H,13,15). The molecular weight excluding hydrogens is 220 g/mol. The number of hydrogen-bond acceptors (Lipinski definition) is 3. The molecule has 0 aromatic heterocycles. The third kappa shape index (κ3) is 8.55. The van der Waals surface area contributed by atoms with Gasteiger partial charge in [0.1, 0.15) is 6.61 Å². The predicted molar refractivity (Wildman–Crippen MR) is 55.4 cm³/mol. The van der Waals surface area contributed by atoms with Crippen molar-refractivity contribution in [2.75, 3.05) is 19.8 Å². The van der Waals surface area contributed by atoms with Gasteiger partial charge in [0.25, 0.3) is 6.43 Å². The summed E-state index contributed by atoms with van der Waals surface area (Å²) in [6.07, 6.45) is -2.02. The molecule has 0 spiro atoms. The second-order valence-corrected chi connectivity index (χ2v) is 4.12. The molecule has 96 valence electrons. The van der Waals surface area contributed by atoms with E-state index in [1.807, 2.05) is 0 Å². The monoisotopic (exact) mass is 239 g/mol. The highest BCUT2D eigenvalue weighted by molar-refractivity contribution is 5.76. The molecule has 0 aliphatic rings. The van der Waals surface area contributed by atoms with Crippen LogP contribution in [0, 0.1) is 0 Å². The number of rotatable bonds is 8. The first-order valence-electron chi connectivity index (χ1n) is 5.15. The highest BCUT2D eigenvalue weighted by atomic mass is 19.3. The molecule has 0 aromatic carbocycles. The Morgan fingerprint density at radius 3 is 2.62 bits per heavy atom. The van der Waals surface area contributed by atoms with Gasteiger partial charge in [0, 0.05) is 18.6 Å². The van der Waals surface area contributed by atoms with Gasteiger partial charge in [0.15, 0.2) is 0 Å². The van der Waals surface area contributed by atoms with E-state index in [0.29, 0.717) is 6.42 Å². The van der Waals surface area contributed by atoms with Crippen molar-refractivity contribution in [3.8, 4) is 0 Å². The second kappa shape index (κ2) is 7.51. The lowest BCUT2D eigenvalue weighted by Crippen LogP contribution is -2.44. The van der Waals surface area contributed by atoms with Gasteiger partial charge in [-0.1, -0.05) is 0 Å². The van der Waals surface area contributed by atoms with E-state index < -0.39 is 18.6 Å². The Kier molecular flexibility index (Phi) is 7.16. The Balaban J connectivity index is 3.66. The van der Waals surface area contributed by atoms with Crippen LogP contribution in [0.1, 0.15) is 26.7 Å². The van der Waals surface area contributed by atoms with Crippen LogP contribution in [-0.4, -0.2) is 42.8 Å². The first kappa shape index (κ1) is 15.2. The molecule has 0 bridgehead atoms. The Bertz CT molecular complexity index is 210. The lowest BCUT2D eigenvalue weighted by atomic mass is 10.0. The average molecular weight is 239 g/mol. The van der Waals surface area contributed by atoms with Crippen LogP contribution in [-0.2, 0) is 9.53 Å². The molecule has 0 aliphatic heterocycles. The second-order valence-electron chi connectivity index (χ2n) is 4.12. The Labute approximate surface area is 94.0 Å². The Hall–Kier alpha value is -0.750. The summed E-state index contributed by atoms with van der Waals surface area (Å²) in [5.41, 5.74) is -0.492. The van der Waals surface area contributed by atoms with Crippen molar-refractivity contribution in [3.63, 3.8) is 0 Å². The number of nitrogens with one attached hydrogen (secondary N) is 1. The topological polar surface area (TPSA) is 58.6 Å². The van der Waals surface area contributed by atoms with Gasteiger partial charge in [-0.05, 0) is 20.3 Å².